The summed E-state index contributed by atoms with van der Waals surface area (Å²) in [5, 5.41) is 1.10. The summed E-state index contributed by atoms with van der Waals surface area (Å²) in [4.78, 5) is 0. The van der Waals surface area contributed by atoms with Gasteiger partial charge < -0.3 is 0 Å². The Morgan fingerprint density at radius 1 is 0.600 bits per heavy atom. The van der Waals surface area contributed by atoms with Gasteiger partial charge in [-0.15, -0.1) is 0 Å². The molecule has 0 unspecified atom stereocenters. The zero-order chi connectivity index (χ0) is 14.7. The Kier molecular flexibility index (Phi) is 17.9. The summed E-state index contributed by atoms with van der Waals surface area (Å²) in [5.74, 6) is 0. The van der Waals surface area contributed by atoms with Crippen molar-refractivity contribution >= 4 is 15.9 Å². The van der Waals surface area contributed by atoms with E-state index in [1.807, 2.05) is 0 Å². The standard InChI is InChI=1S/C19H31Br/c1-2-3-4-5-6-7-8-9-10-11-12-13-14-15-16-17-18-19-20/h6-7,9-10,12-13,15-16H,2-5,8,11,14,17-19H2,1H3. The number of unbranched alkanes of at least 4 members (excludes halogenated alkanes) is 4. The zero-order valence-corrected chi connectivity index (χ0v) is 14.7. The van der Waals surface area contributed by atoms with E-state index in [0.29, 0.717) is 0 Å². The molecule has 0 aromatic carbocycles. The monoisotopic (exact) mass is 338 g/mol. The first-order valence-electron chi connectivity index (χ1n) is 8.07. The average molecular weight is 339 g/mol. The normalized spacial score (nSPS) is 12.7. The third-order valence-corrected chi connectivity index (χ3v) is 3.52. The van der Waals surface area contributed by atoms with Gasteiger partial charge in [0.1, 0.15) is 0 Å². The molecule has 0 fully saturated rings. The van der Waals surface area contributed by atoms with E-state index in [-0.39, 0.29) is 0 Å². The van der Waals surface area contributed by atoms with Crippen LogP contribution in [0, 0.1) is 0 Å². The van der Waals surface area contributed by atoms with Crippen LogP contribution in [0.4, 0.5) is 0 Å². The van der Waals surface area contributed by atoms with Crippen LogP contribution in [-0.2, 0) is 0 Å². The van der Waals surface area contributed by atoms with E-state index in [0.717, 1.165) is 24.6 Å². The molecule has 0 saturated heterocycles. The van der Waals surface area contributed by atoms with Crippen molar-refractivity contribution in [1.82, 2.24) is 0 Å². The molecule has 0 nitrogen and oxygen atoms in total. The predicted molar refractivity (Wildman–Crippen MR) is 97.6 cm³/mol. The summed E-state index contributed by atoms with van der Waals surface area (Å²) in [6.07, 6.45) is 29.0. The van der Waals surface area contributed by atoms with Crippen LogP contribution in [-0.4, -0.2) is 5.33 Å². The fourth-order valence-electron chi connectivity index (χ4n) is 1.76. The van der Waals surface area contributed by atoms with E-state index < -0.39 is 0 Å². The lowest BCUT2D eigenvalue weighted by Crippen LogP contribution is -1.70. The molecular weight excluding hydrogens is 308 g/mol. The molecule has 0 bridgehead atoms. The maximum absolute atomic E-state index is 3.43. The Hall–Kier alpha value is -0.560. The van der Waals surface area contributed by atoms with Crippen LogP contribution < -0.4 is 0 Å². The van der Waals surface area contributed by atoms with E-state index in [1.165, 1.54) is 38.5 Å². The van der Waals surface area contributed by atoms with Gasteiger partial charge in [0.25, 0.3) is 0 Å². The molecule has 0 aliphatic rings. The second kappa shape index (κ2) is 18.4. The smallest absolute Gasteiger partial charge is 0.00342 e. The van der Waals surface area contributed by atoms with Gasteiger partial charge in [0.2, 0.25) is 0 Å². The summed E-state index contributed by atoms with van der Waals surface area (Å²) in [7, 11) is 0. The van der Waals surface area contributed by atoms with Crippen LogP contribution in [0.15, 0.2) is 48.6 Å². The molecule has 0 rings (SSSR count). The maximum atomic E-state index is 3.43. The third kappa shape index (κ3) is 17.4. The highest BCUT2D eigenvalue weighted by Gasteiger charge is 1.81. The maximum Gasteiger partial charge on any atom is 0.00342 e. The second-order valence-corrected chi connectivity index (χ2v) is 5.71. The minimum Gasteiger partial charge on any atom is -0.0928 e. The Labute approximate surface area is 134 Å². The fraction of sp³-hybridized carbons (Fsp3) is 0.579. The molecule has 0 aliphatic carbocycles. The largest absolute Gasteiger partial charge is 0.0928 e. The van der Waals surface area contributed by atoms with Gasteiger partial charge in [-0.25, -0.2) is 0 Å². The Balaban J connectivity index is 3.36. The van der Waals surface area contributed by atoms with Crippen LogP contribution in [0.3, 0.4) is 0 Å². The number of alkyl halides is 1. The minimum absolute atomic E-state index is 1.05. The molecule has 20 heavy (non-hydrogen) atoms. The first kappa shape index (κ1) is 19.4. The first-order valence-corrected chi connectivity index (χ1v) is 9.20. The highest BCUT2D eigenvalue weighted by Crippen LogP contribution is 2.01. The molecule has 0 N–H and O–H groups in total. The van der Waals surface area contributed by atoms with E-state index in [9.17, 15) is 0 Å². The Morgan fingerprint density at radius 3 is 1.50 bits per heavy atom. The van der Waals surface area contributed by atoms with Crippen LogP contribution in [0.1, 0.15) is 64.7 Å². The molecule has 0 amide bonds. The van der Waals surface area contributed by atoms with Crippen LogP contribution in [0.2, 0.25) is 0 Å². The topological polar surface area (TPSA) is 0 Å². The summed E-state index contributed by atoms with van der Waals surface area (Å²) in [5.41, 5.74) is 0. The van der Waals surface area contributed by atoms with Gasteiger partial charge in [0.05, 0.1) is 0 Å². The van der Waals surface area contributed by atoms with Crippen molar-refractivity contribution in [2.45, 2.75) is 64.7 Å². The molecule has 0 aliphatic heterocycles. The number of rotatable bonds is 13. The highest BCUT2D eigenvalue weighted by molar-refractivity contribution is 9.09. The number of hydrogen-bond donors (Lipinski definition) is 0. The van der Waals surface area contributed by atoms with Crippen molar-refractivity contribution in [3.05, 3.63) is 48.6 Å². The van der Waals surface area contributed by atoms with Crippen molar-refractivity contribution in [1.29, 1.82) is 0 Å². The van der Waals surface area contributed by atoms with Crippen molar-refractivity contribution in [2.24, 2.45) is 0 Å². The lowest BCUT2D eigenvalue weighted by atomic mass is 10.2. The quantitative estimate of drug-likeness (QED) is 0.190. The van der Waals surface area contributed by atoms with Gasteiger partial charge in [0.15, 0.2) is 0 Å². The molecule has 0 aromatic heterocycles. The number of halogens is 1. The third-order valence-electron chi connectivity index (χ3n) is 2.96. The van der Waals surface area contributed by atoms with Gasteiger partial charge in [-0.3, -0.25) is 0 Å². The Morgan fingerprint density at radius 2 is 1.05 bits per heavy atom. The van der Waals surface area contributed by atoms with Crippen LogP contribution in [0.5, 0.6) is 0 Å². The predicted octanol–water partition coefficient (Wildman–Crippen LogP) is 7.14. The van der Waals surface area contributed by atoms with E-state index >= 15 is 0 Å². The first-order chi connectivity index (χ1) is 9.91. The molecule has 0 atom stereocenters. The Bertz CT molecular complexity index is 284. The highest BCUT2D eigenvalue weighted by atomic mass is 79.9. The van der Waals surface area contributed by atoms with E-state index in [4.69, 9.17) is 0 Å². The summed E-state index contributed by atoms with van der Waals surface area (Å²) in [6.45, 7) is 2.25. The van der Waals surface area contributed by atoms with Gasteiger partial charge in [-0.1, -0.05) is 84.3 Å². The molecule has 0 radical (unpaired) electrons. The molecule has 0 heterocycles. The summed E-state index contributed by atoms with van der Waals surface area (Å²) >= 11 is 3.43. The van der Waals surface area contributed by atoms with Gasteiger partial charge in [-0.05, 0) is 44.9 Å². The lowest BCUT2D eigenvalue weighted by Gasteiger charge is -1.90. The molecular formula is C19H31Br. The number of hydrogen-bond acceptors (Lipinski definition) is 0. The van der Waals surface area contributed by atoms with Crippen molar-refractivity contribution in [2.75, 3.05) is 5.33 Å². The van der Waals surface area contributed by atoms with Crippen molar-refractivity contribution < 1.29 is 0 Å². The summed E-state index contributed by atoms with van der Waals surface area (Å²) < 4.78 is 0. The number of allylic oxidation sites excluding steroid dienone is 8. The molecule has 0 saturated carbocycles. The lowest BCUT2D eigenvalue weighted by molar-refractivity contribution is 0.728. The van der Waals surface area contributed by atoms with Crippen molar-refractivity contribution in [3.8, 4) is 0 Å². The molecule has 0 aromatic rings. The van der Waals surface area contributed by atoms with Gasteiger partial charge in [0, 0.05) is 5.33 Å². The average Bonchev–Trinajstić information content (AvgIpc) is 2.47. The van der Waals surface area contributed by atoms with E-state index in [1.54, 1.807) is 0 Å². The van der Waals surface area contributed by atoms with E-state index in [2.05, 4.69) is 71.5 Å². The molecule has 114 valence electrons. The zero-order valence-electron chi connectivity index (χ0n) is 13.1. The molecule has 1 heteroatoms. The van der Waals surface area contributed by atoms with Crippen molar-refractivity contribution in [3.63, 3.8) is 0 Å². The second-order valence-electron chi connectivity index (χ2n) is 4.92. The summed E-state index contributed by atoms with van der Waals surface area (Å²) in [6, 6.07) is 0. The fourth-order valence-corrected chi connectivity index (χ4v) is 2.08. The molecule has 0 spiro atoms. The van der Waals surface area contributed by atoms with Crippen LogP contribution in [0.25, 0.3) is 0 Å². The van der Waals surface area contributed by atoms with Gasteiger partial charge in [-0.2, -0.15) is 0 Å². The van der Waals surface area contributed by atoms with Crippen LogP contribution >= 0.6 is 15.9 Å². The van der Waals surface area contributed by atoms with Gasteiger partial charge >= 0.3 is 0 Å². The SMILES string of the molecule is CCCCCC=CCC=CCC=CCC=CCCCBr. The minimum atomic E-state index is 1.05.